The maximum absolute atomic E-state index is 12.4. The molecule has 160 valence electrons. The molecule has 6 nitrogen and oxygen atoms in total. The van der Waals surface area contributed by atoms with Crippen molar-refractivity contribution in [2.24, 2.45) is 10.9 Å². The summed E-state index contributed by atoms with van der Waals surface area (Å²) in [5.74, 6) is 1.04. The smallest absolute Gasteiger partial charge is 0.422 e. The third kappa shape index (κ3) is 7.61. The van der Waals surface area contributed by atoms with E-state index in [9.17, 15) is 13.2 Å². The minimum atomic E-state index is -4.40. The average Bonchev–Trinajstić information content (AvgIpc) is 2.97. The van der Waals surface area contributed by atoms with Gasteiger partial charge < -0.3 is 15.4 Å². The van der Waals surface area contributed by atoms with Crippen molar-refractivity contribution in [3.63, 3.8) is 0 Å². The SMILES string of the molecule is CN=C(NCc1cccnc1OCC(F)(F)F)NC1CN(C(C)C)CC1C.I. The van der Waals surface area contributed by atoms with E-state index in [2.05, 4.69) is 46.3 Å². The molecule has 0 bridgehead atoms. The van der Waals surface area contributed by atoms with Crippen LogP contribution < -0.4 is 15.4 Å². The summed E-state index contributed by atoms with van der Waals surface area (Å²) in [4.78, 5) is 10.5. The quantitative estimate of drug-likeness (QED) is 0.347. The molecule has 0 radical (unpaired) electrons. The van der Waals surface area contributed by atoms with Crippen molar-refractivity contribution >= 4 is 29.9 Å². The van der Waals surface area contributed by atoms with Crippen molar-refractivity contribution in [1.29, 1.82) is 0 Å². The van der Waals surface area contributed by atoms with Crippen LogP contribution in [-0.4, -0.2) is 60.8 Å². The number of pyridine rings is 1. The highest BCUT2D eigenvalue weighted by atomic mass is 127. The minimum Gasteiger partial charge on any atom is -0.468 e. The maximum atomic E-state index is 12.4. The van der Waals surface area contributed by atoms with Crippen molar-refractivity contribution in [2.45, 2.75) is 45.6 Å². The highest BCUT2D eigenvalue weighted by molar-refractivity contribution is 14.0. The molecular weight excluding hydrogens is 486 g/mol. The Morgan fingerprint density at radius 3 is 2.68 bits per heavy atom. The number of ether oxygens (including phenoxy) is 1. The van der Waals surface area contributed by atoms with Gasteiger partial charge in [-0.05, 0) is 25.8 Å². The summed E-state index contributed by atoms with van der Waals surface area (Å²) in [6, 6.07) is 4.08. The molecule has 2 atom stereocenters. The number of alkyl halides is 3. The Kier molecular flexibility index (Phi) is 9.75. The molecule has 0 saturated carbocycles. The van der Waals surface area contributed by atoms with E-state index < -0.39 is 12.8 Å². The van der Waals surface area contributed by atoms with Gasteiger partial charge in [0.25, 0.3) is 0 Å². The molecule has 1 saturated heterocycles. The molecule has 2 heterocycles. The molecule has 10 heteroatoms. The van der Waals surface area contributed by atoms with Crippen LogP contribution in [0.25, 0.3) is 0 Å². The predicted molar refractivity (Wildman–Crippen MR) is 114 cm³/mol. The summed E-state index contributed by atoms with van der Waals surface area (Å²) in [6.07, 6.45) is -3.00. The summed E-state index contributed by atoms with van der Waals surface area (Å²) in [5.41, 5.74) is 0.535. The van der Waals surface area contributed by atoms with E-state index in [1.165, 1.54) is 6.20 Å². The van der Waals surface area contributed by atoms with Crippen LogP contribution in [0.4, 0.5) is 13.2 Å². The second kappa shape index (κ2) is 11.0. The maximum Gasteiger partial charge on any atom is 0.422 e. The van der Waals surface area contributed by atoms with Gasteiger partial charge in [-0.25, -0.2) is 4.98 Å². The van der Waals surface area contributed by atoms with Gasteiger partial charge in [0.1, 0.15) is 0 Å². The van der Waals surface area contributed by atoms with Gasteiger partial charge in [0.15, 0.2) is 12.6 Å². The van der Waals surface area contributed by atoms with Crippen LogP contribution in [0.15, 0.2) is 23.3 Å². The lowest BCUT2D eigenvalue weighted by Crippen LogP contribution is -2.46. The third-order valence-corrected chi connectivity index (χ3v) is 4.59. The Balaban J connectivity index is 0.00000392. The monoisotopic (exact) mass is 515 g/mol. The number of hydrogen-bond donors (Lipinski definition) is 2. The molecule has 2 unspecified atom stereocenters. The Labute approximate surface area is 181 Å². The van der Waals surface area contributed by atoms with Gasteiger partial charge in [0.2, 0.25) is 5.88 Å². The van der Waals surface area contributed by atoms with Crippen LogP contribution in [0, 0.1) is 5.92 Å². The molecule has 2 N–H and O–H groups in total. The number of aromatic nitrogens is 1. The number of hydrogen-bond acceptors (Lipinski definition) is 4. The van der Waals surface area contributed by atoms with Crippen molar-refractivity contribution in [3.05, 3.63) is 23.9 Å². The number of nitrogens with zero attached hydrogens (tertiary/aromatic N) is 3. The van der Waals surface area contributed by atoms with Crippen LogP contribution in [0.3, 0.4) is 0 Å². The van der Waals surface area contributed by atoms with Gasteiger partial charge in [0, 0.05) is 50.5 Å². The molecule has 28 heavy (non-hydrogen) atoms. The molecule has 1 aliphatic heterocycles. The van der Waals surface area contributed by atoms with Gasteiger partial charge >= 0.3 is 6.18 Å². The fraction of sp³-hybridized carbons (Fsp3) is 0.667. The standard InChI is InChI=1S/C18H28F3N5O.HI/c1-12(2)26-9-13(3)15(10-26)25-17(22-4)24-8-14-6-5-7-23-16(14)27-11-18(19,20)21;/h5-7,12-13,15H,8-11H2,1-4H3,(H2,22,24,25);1H. The first-order valence-electron chi connectivity index (χ1n) is 9.04. The van der Waals surface area contributed by atoms with Gasteiger partial charge in [-0.2, -0.15) is 13.2 Å². The van der Waals surface area contributed by atoms with E-state index in [0.717, 1.165) is 13.1 Å². The van der Waals surface area contributed by atoms with Crippen LogP contribution in [0.1, 0.15) is 26.3 Å². The van der Waals surface area contributed by atoms with Crippen LogP contribution in [0.5, 0.6) is 5.88 Å². The average molecular weight is 515 g/mol. The first-order chi connectivity index (χ1) is 12.7. The van der Waals surface area contributed by atoms with E-state index >= 15 is 0 Å². The minimum absolute atomic E-state index is 0. The molecule has 2 rings (SSSR count). The third-order valence-electron chi connectivity index (χ3n) is 4.59. The Bertz CT molecular complexity index is 642. The van der Waals surface area contributed by atoms with E-state index in [4.69, 9.17) is 4.74 Å². The second-order valence-electron chi connectivity index (χ2n) is 7.07. The topological polar surface area (TPSA) is 61.8 Å². The zero-order valence-corrected chi connectivity index (χ0v) is 18.9. The molecular formula is C18H29F3IN5O. The summed E-state index contributed by atoms with van der Waals surface area (Å²) in [7, 11) is 1.67. The van der Waals surface area contributed by atoms with Gasteiger partial charge in [0.05, 0.1) is 0 Å². The van der Waals surface area contributed by atoms with Crippen molar-refractivity contribution in [1.82, 2.24) is 20.5 Å². The van der Waals surface area contributed by atoms with Crippen LogP contribution in [-0.2, 0) is 6.54 Å². The summed E-state index contributed by atoms with van der Waals surface area (Å²) in [5, 5.41) is 6.54. The first kappa shape index (κ1) is 24.7. The molecule has 0 spiro atoms. The lowest BCUT2D eigenvalue weighted by atomic mass is 10.1. The van der Waals surface area contributed by atoms with Crippen LogP contribution >= 0.6 is 24.0 Å². The number of aliphatic imine (C=N–C) groups is 1. The number of likely N-dealkylation sites (tertiary alicyclic amines) is 1. The highest BCUT2D eigenvalue weighted by Crippen LogP contribution is 2.20. The van der Waals surface area contributed by atoms with Crippen molar-refractivity contribution in [2.75, 3.05) is 26.7 Å². The van der Waals surface area contributed by atoms with Crippen molar-refractivity contribution < 1.29 is 17.9 Å². The van der Waals surface area contributed by atoms with Crippen LogP contribution in [0.2, 0.25) is 0 Å². The summed E-state index contributed by atoms with van der Waals surface area (Å²) < 4.78 is 42.0. The van der Waals surface area contributed by atoms with E-state index in [0.29, 0.717) is 23.5 Å². The number of halogens is 4. The number of nitrogens with one attached hydrogen (secondary N) is 2. The molecule has 0 amide bonds. The lowest BCUT2D eigenvalue weighted by molar-refractivity contribution is -0.154. The highest BCUT2D eigenvalue weighted by Gasteiger charge is 2.31. The normalized spacial score (nSPS) is 20.8. The molecule has 1 fully saturated rings. The van der Waals surface area contributed by atoms with Gasteiger partial charge in [-0.15, -0.1) is 24.0 Å². The Morgan fingerprint density at radius 1 is 1.39 bits per heavy atom. The Morgan fingerprint density at radius 2 is 2.11 bits per heavy atom. The predicted octanol–water partition coefficient (Wildman–Crippen LogP) is 3.03. The fourth-order valence-corrected chi connectivity index (χ4v) is 3.00. The molecule has 0 aliphatic carbocycles. The molecule has 1 aliphatic rings. The fourth-order valence-electron chi connectivity index (χ4n) is 3.00. The molecule has 0 aromatic carbocycles. The zero-order valence-electron chi connectivity index (χ0n) is 16.6. The van der Waals surface area contributed by atoms with Crippen molar-refractivity contribution in [3.8, 4) is 5.88 Å². The summed E-state index contributed by atoms with van der Waals surface area (Å²) in [6.45, 7) is 7.37. The number of guanidine groups is 1. The number of rotatable bonds is 6. The van der Waals surface area contributed by atoms with E-state index in [1.807, 2.05) is 0 Å². The van der Waals surface area contributed by atoms with E-state index in [1.54, 1.807) is 19.2 Å². The zero-order chi connectivity index (χ0) is 20.0. The molecule has 1 aromatic rings. The first-order valence-corrected chi connectivity index (χ1v) is 9.04. The van der Waals surface area contributed by atoms with Gasteiger partial charge in [-0.1, -0.05) is 13.0 Å². The second-order valence-corrected chi connectivity index (χ2v) is 7.07. The van der Waals surface area contributed by atoms with Gasteiger partial charge in [-0.3, -0.25) is 9.89 Å². The lowest BCUT2D eigenvalue weighted by Gasteiger charge is -2.22. The summed E-state index contributed by atoms with van der Waals surface area (Å²) >= 11 is 0. The molecule has 1 aromatic heterocycles. The Hall–Kier alpha value is -1.30. The largest absolute Gasteiger partial charge is 0.468 e. The van der Waals surface area contributed by atoms with E-state index in [-0.39, 0.29) is 42.4 Å².